The summed E-state index contributed by atoms with van der Waals surface area (Å²) < 4.78 is 37.9. The molecule has 10 heteroatoms. The summed E-state index contributed by atoms with van der Waals surface area (Å²) in [4.78, 5) is 20.0. The first kappa shape index (κ1) is 19.1. The largest absolute Gasteiger partial charge is 0.467 e. The molecule has 2 aromatic heterocycles. The quantitative estimate of drug-likeness (QED) is 0.481. The topological polar surface area (TPSA) is 77.2 Å². The monoisotopic (exact) mass is 413 g/mol. The molecule has 0 radical (unpaired) electrons. The first-order valence-electron chi connectivity index (χ1n) is 7.48. The second-order valence-corrected chi connectivity index (χ2v) is 5.99. The van der Waals surface area contributed by atoms with E-state index in [4.69, 9.17) is 27.6 Å². The van der Waals surface area contributed by atoms with Crippen LogP contribution < -0.4 is 5.32 Å². The minimum absolute atomic E-state index is 0.0215. The molecule has 27 heavy (non-hydrogen) atoms. The highest BCUT2D eigenvalue weighted by Gasteiger charge is 2.23. The van der Waals surface area contributed by atoms with Gasteiger partial charge in [0, 0.05) is 0 Å². The lowest BCUT2D eigenvalue weighted by Gasteiger charge is -2.12. The Kier molecular flexibility index (Phi) is 5.57. The summed E-state index contributed by atoms with van der Waals surface area (Å²) in [6.45, 7) is 0.182. The molecule has 1 aromatic carbocycles. The minimum Gasteiger partial charge on any atom is -0.467 e. The Morgan fingerprint density at radius 3 is 2.67 bits per heavy atom. The maximum absolute atomic E-state index is 14.3. The molecule has 0 bridgehead atoms. The number of hydrogen-bond acceptors (Lipinski definition) is 6. The molecule has 140 valence electrons. The minimum atomic E-state index is -1.25. The Balaban J connectivity index is 2.09. The SMILES string of the molecule is COC(=O)c1nc(-c2ccc(Cl)c(F)c2F)nc(NCc2ccco2)c1Cl. The Labute approximate surface area is 162 Å². The number of halogens is 4. The van der Waals surface area contributed by atoms with Crippen molar-refractivity contribution in [2.75, 3.05) is 12.4 Å². The second-order valence-electron chi connectivity index (χ2n) is 5.21. The van der Waals surface area contributed by atoms with Gasteiger partial charge in [0.1, 0.15) is 16.6 Å². The molecule has 6 nitrogen and oxygen atoms in total. The van der Waals surface area contributed by atoms with Gasteiger partial charge in [0.15, 0.2) is 23.2 Å². The Hall–Kier alpha value is -2.71. The highest BCUT2D eigenvalue weighted by atomic mass is 35.5. The van der Waals surface area contributed by atoms with Crippen LogP contribution in [0.4, 0.5) is 14.6 Å². The van der Waals surface area contributed by atoms with Gasteiger partial charge in [-0.25, -0.2) is 23.5 Å². The Morgan fingerprint density at radius 2 is 2.00 bits per heavy atom. The lowest BCUT2D eigenvalue weighted by atomic mass is 10.2. The Morgan fingerprint density at radius 1 is 1.22 bits per heavy atom. The smallest absolute Gasteiger partial charge is 0.358 e. The van der Waals surface area contributed by atoms with Crippen molar-refractivity contribution in [2.24, 2.45) is 0 Å². The van der Waals surface area contributed by atoms with E-state index < -0.39 is 22.6 Å². The van der Waals surface area contributed by atoms with Crippen molar-refractivity contribution in [1.82, 2.24) is 9.97 Å². The number of anilines is 1. The van der Waals surface area contributed by atoms with Crippen LogP contribution in [-0.2, 0) is 11.3 Å². The fourth-order valence-corrected chi connectivity index (χ4v) is 2.57. The van der Waals surface area contributed by atoms with E-state index >= 15 is 0 Å². The number of nitrogens with zero attached hydrogens (tertiary/aromatic N) is 2. The van der Waals surface area contributed by atoms with Crippen LogP contribution in [0.2, 0.25) is 10.0 Å². The number of aromatic nitrogens is 2. The van der Waals surface area contributed by atoms with Crippen LogP contribution in [0.25, 0.3) is 11.4 Å². The van der Waals surface area contributed by atoms with E-state index in [2.05, 4.69) is 20.0 Å². The molecule has 0 spiro atoms. The number of benzene rings is 1. The van der Waals surface area contributed by atoms with E-state index in [1.807, 2.05) is 0 Å². The molecule has 0 aliphatic rings. The van der Waals surface area contributed by atoms with E-state index in [1.54, 1.807) is 12.1 Å². The molecule has 2 heterocycles. The molecule has 0 unspecified atom stereocenters. The molecular weight excluding hydrogens is 403 g/mol. The molecular formula is C17H11Cl2F2N3O3. The molecule has 0 aliphatic heterocycles. The first-order chi connectivity index (χ1) is 12.9. The van der Waals surface area contributed by atoms with E-state index in [9.17, 15) is 13.6 Å². The van der Waals surface area contributed by atoms with Crippen LogP contribution >= 0.6 is 23.2 Å². The van der Waals surface area contributed by atoms with Gasteiger partial charge in [0.25, 0.3) is 0 Å². The summed E-state index contributed by atoms with van der Waals surface area (Å²) in [5.41, 5.74) is -0.597. The van der Waals surface area contributed by atoms with Crippen molar-refractivity contribution >= 4 is 35.0 Å². The van der Waals surface area contributed by atoms with Gasteiger partial charge in [-0.1, -0.05) is 23.2 Å². The zero-order valence-corrected chi connectivity index (χ0v) is 15.2. The Bertz CT molecular complexity index is 998. The number of ether oxygens (including phenoxy) is 1. The van der Waals surface area contributed by atoms with Crippen LogP contribution in [0.5, 0.6) is 0 Å². The maximum Gasteiger partial charge on any atom is 0.358 e. The number of methoxy groups -OCH3 is 1. The van der Waals surface area contributed by atoms with Crippen LogP contribution in [0.3, 0.4) is 0 Å². The van der Waals surface area contributed by atoms with Crippen molar-refractivity contribution in [3.05, 3.63) is 63.7 Å². The highest BCUT2D eigenvalue weighted by molar-refractivity contribution is 6.35. The number of nitrogens with one attached hydrogen (secondary N) is 1. The van der Waals surface area contributed by atoms with Gasteiger partial charge in [-0.3, -0.25) is 0 Å². The highest BCUT2D eigenvalue weighted by Crippen LogP contribution is 2.31. The van der Waals surface area contributed by atoms with Crippen LogP contribution in [0, 0.1) is 11.6 Å². The number of rotatable bonds is 5. The van der Waals surface area contributed by atoms with Gasteiger partial charge in [-0.2, -0.15) is 0 Å². The van der Waals surface area contributed by atoms with Gasteiger partial charge in [0.05, 0.1) is 30.5 Å². The molecule has 0 amide bonds. The molecule has 3 aromatic rings. The lowest BCUT2D eigenvalue weighted by Crippen LogP contribution is -2.12. The molecule has 1 N–H and O–H groups in total. The normalized spacial score (nSPS) is 10.7. The first-order valence-corrected chi connectivity index (χ1v) is 8.24. The zero-order chi connectivity index (χ0) is 19.6. The maximum atomic E-state index is 14.3. The molecule has 0 saturated heterocycles. The number of furan rings is 1. The lowest BCUT2D eigenvalue weighted by molar-refractivity contribution is 0.0594. The number of carbonyl (C=O) groups is 1. The van der Waals surface area contributed by atoms with E-state index in [-0.39, 0.29) is 34.5 Å². The summed E-state index contributed by atoms with van der Waals surface area (Å²) in [7, 11) is 1.14. The number of esters is 1. The van der Waals surface area contributed by atoms with Crippen molar-refractivity contribution in [1.29, 1.82) is 0 Å². The van der Waals surface area contributed by atoms with E-state index in [0.717, 1.165) is 13.2 Å². The molecule has 0 atom stereocenters. The molecule has 3 rings (SSSR count). The predicted octanol–water partition coefficient (Wildman–Crippen LogP) is 4.72. The van der Waals surface area contributed by atoms with Crippen molar-refractivity contribution in [3.63, 3.8) is 0 Å². The van der Waals surface area contributed by atoms with Crippen LogP contribution in [-0.4, -0.2) is 23.0 Å². The zero-order valence-electron chi connectivity index (χ0n) is 13.7. The van der Waals surface area contributed by atoms with Gasteiger partial charge < -0.3 is 14.5 Å². The fourth-order valence-electron chi connectivity index (χ4n) is 2.20. The summed E-state index contributed by atoms with van der Waals surface area (Å²) in [5, 5.41) is 2.34. The third-order valence-electron chi connectivity index (χ3n) is 3.52. The summed E-state index contributed by atoms with van der Waals surface area (Å²) >= 11 is 11.7. The average Bonchev–Trinajstić information content (AvgIpc) is 3.18. The molecule has 0 aliphatic carbocycles. The van der Waals surface area contributed by atoms with Crippen molar-refractivity contribution in [2.45, 2.75) is 6.54 Å². The van der Waals surface area contributed by atoms with Crippen molar-refractivity contribution < 1.29 is 22.7 Å². The third kappa shape index (κ3) is 3.86. The molecule has 0 fully saturated rings. The summed E-state index contributed by atoms with van der Waals surface area (Å²) in [6, 6.07) is 5.75. The van der Waals surface area contributed by atoms with Gasteiger partial charge >= 0.3 is 5.97 Å². The summed E-state index contributed by atoms with van der Waals surface area (Å²) in [6.07, 6.45) is 1.48. The van der Waals surface area contributed by atoms with Gasteiger partial charge in [0.2, 0.25) is 0 Å². The predicted molar refractivity (Wildman–Crippen MR) is 94.8 cm³/mol. The van der Waals surface area contributed by atoms with Gasteiger partial charge in [-0.05, 0) is 24.3 Å². The number of hydrogen-bond donors (Lipinski definition) is 1. The van der Waals surface area contributed by atoms with Crippen LogP contribution in [0.15, 0.2) is 34.9 Å². The summed E-state index contributed by atoms with van der Waals surface area (Å²) in [5.74, 6) is -3.05. The standard InChI is InChI=1S/C17H11Cl2F2N3O3/c1-26-17(25)14-11(19)16(22-7-8-3-2-6-27-8)24-15(23-14)9-4-5-10(18)13(21)12(9)20/h2-6H,7H2,1H3,(H,22,23,24). The van der Waals surface area contributed by atoms with E-state index in [0.29, 0.717) is 5.76 Å². The van der Waals surface area contributed by atoms with Crippen molar-refractivity contribution in [3.8, 4) is 11.4 Å². The van der Waals surface area contributed by atoms with Crippen LogP contribution in [0.1, 0.15) is 16.2 Å². The third-order valence-corrected chi connectivity index (χ3v) is 4.17. The second kappa shape index (κ2) is 7.89. The van der Waals surface area contributed by atoms with E-state index in [1.165, 1.54) is 12.3 Å². The number of carbonyl (C=O) groups excluding carboxylic acids is 1. The molecule has 0 saturated carbocycles. The fraction of sp³-hybridized carbons (Fsp3) is 0.118. The van der Waals surface area contributed by atoms with Gasteiger partial charge in [-0.15, -0.1) is 0 Å². The average molecular weight is 414 g/mol.